The predicted molar refractivity (Wildman–Crippen MR) is 113 cm³/mol. The van der Waals surface area contributed by atoms with E-state index in [0.29, 0.717) is 11.7 Å². The van der Waals surface area contributed by atoms with Crippen LogP contribution in [0.5, 0.6) is 5.75 Å². The van der Waals surface area contributed by atoms with E-state index < -0.39 is 0 Å². The topological polar surface area (TPSA) is 69.9 Å². The normalized spacial score (nSPS) is 17.8. The number of nitrogens with zero attached hydrogens (tertiary/aromatic N) is 3. The Kier molecular flexibility index (Phi) is 5.63. The van der Waals surface area contributed by atoms with Crippen molar-refractivity contribution in [3.63, 3.8) is 0 Å². The molecule has 2 saturated heterocycles. The van der Waals surface area contributed by atoms with Gasteiger partial charge in [-0.25, -0.2) is 0 Å². The van der Waals surface area contributed by atoms with Crippen LogP contribution in [-0.2, 0) is 9.47 Å². The van der Waals surface area contributed by atoms with Crippen LogP contribution in [0.2, 0.25) is 0 Å². The van der Waals surface area contributed by atoms with Crippen molar-refractivity contribution in [1.82, 2.24) is 10.1 Å². The van der Waals surface area contributed by atoms with E-state index in [1.54, 1.807) is 0 Å². The Morgan fingerprint density at radius 2 is 1.47 bits per heavy atom. The summed E-state index contributed by atoms with van der Waals surface area (Å²) in [6, 6.07) is 16.1. The Hall–Kier alpha value is -2.90. The lowest BCUT2D eigenvalue weighted by Gasteiger charge is -2.28. The van der Waals surface area contributed by atoms with Gasteiger partial charge in [-0.3, -0.25) is 0 Å². The maximum absolute atomic E-state index is 6.02. The van der Waals surface area contributed by atoms with Crippen molar-refractivity contribution >= 4 is 5.69 Å². The number of morpholine rings is 1. The van der Waals surface area contributed by atoms with Crippen LogP contribution in [0.15, 0.2) is 53.1 Å². The van der Waals surface area contributed by atoms with Crippen LogP contribution in [0.3, 0.4) is 0 Å². The Labute approximate surface area is 175 Å². The van der Waals surface area contributed by atoms with E-state index in [4.69, 9.17) is 18.7 Å². The highest BCUT2D eigenvalue weighted by atomic mass is 16.5. The number of rotatable bonds is 5. The van der Waals surface area contributed by atoms with Crippen LogP contribution < -0.4 is 9.64 Å². The summed E-state index contributed by atoms with van der Waals surface area (Å²) in [6.07, 6.45) is 2.08. The summed E-state index contributed by atoms with van der Waals surface area (Å²) >= 11 is 0. The summed E-state index contributed by atoms with van der Waals surface area (Å²) in [5.41, 5.74) is 2.99. The van der Waals surface area contributed by atoms with Gasteiger partial charge in [0.2, 0.25) is 5.82 Å². The minimum absolute atomic E-state index is 0.222. The highest BCUT2D eigenvalue weighted by Crippen LogP contribution is 2.27. The lowest BCUT2D eigenvalue weighted by atomic mass is 10.1. The van der Waals surface area contributed by atoms with Gasteiger partial charge >= 0.3 is 0 Å². The lowest BCUT2D eigenvalue weighted by molar-refractivity contribution is 0.0256. The molecule has 2 aromatic carbocycles. The molecular weight excluding hydrogens is 382 g/mol. The van der Waals surface area contributed by atoms with Gasteiger partial charge in [0.25, 0.3) is 5.89 Å². The molecule has 0 radical (unpaired) electrons. The number of benzene rings is 2. The largest absolute Gasteiger partial charge is 0.490 e. The van der Waals surface area contributed by atoms with Crippen molar-refractivity contribution in [2.24, 2.45) is 0 Å². The third-order valence-corrected chi connectivity index (χ3v) is 5.50. The maximum atomic E-state index is 6.02. The van der Waals surface area contributed by atoms with Gasteiger partial charge in [-0.2, -0.15) is 4.98 Å². The average molecular weight is 407 g/mol. The molecule has 0 N–H and O–H groups in total. The van der Waals surface area contributed by atoms with Gasteiger partial charge in [-0.05, 0) is 48.5 Å². The van der Waals surface area contributed by atoms with E-state index in [1.807, 2.05) is 36.4 Å². The van der Waals surface area contributed by atoms with Crippen molar-refractivity contribution in [3.8, 4) is 28.6 Å². The Morgan fingerprint density at radius 1 is 0.800 bits per heavy atom. The third kappa shape index (κ3) is 4.32. The number of ether oxygens (including phenoxy) is 3. The van der Waals surface area contributed by atoms with E-state index in [9.17, 15) is 0 Å². The number of hydrogen-bond donors (Lipinski definition) is 0. The fraction of sp³-hybridized carbons (Fsp3) is 0.391. The third-order valence-electron chi connectivity index (χ3n) is 5.50. The fourth-order valence-corrected chi connectivity index (χ4v) is 3.76. The molecule has 7 heteroatoms. The zero-order valence-electron chi connectivity index (χ0n) is 16.8. The standard InChI is InChI=1S/C23H25N3O4/c1-5-19(26-11-15-28-16-12-26)6-2-17(1)22-24-23(30-25-22)18-3-7-20(8-4-18)29-21-9-13-27-14-10-21/h1-8,21H,9-16H2. The summed E-state index contributed by atoms with van der Waals surface area (Å²) in [5.74, 6) is 1.94. The second kappa shape index (κ2) is 8.85. The van der Waals surface area contributed by atoms with E-state index in [1.165, 1.54) is 5.69 Å². The molecule has 2 aliphatic rings. The Bertz CT molecular complexity index is 943. The first kappa shape index (κ1) is 19.1. The number of aromatic nitrogens is 2. The van der Waals surface area contributed by atoms with Crippen molar-refractivity contribution in [2.45, 2.75) is 18.9 Å². The quantitative estimate of drug-likeness (QED) is 0.637. The van der Waals surface area contributed by atoms with Gasteiger partial charge in [-0.1, -0.05) is 5.16 Å². The smallest absolute Gasteiger partial charge is 0.258 e. The second-order valence-corrected chi connectivity index (χ2v) is 7.52. The summed E-state index contributed by atoms with van der Waals surface area (Å²) in [5, 5.41) is 4.16. The van der Waals surface area contributed by atoms with E-state index >= 15 is 0 Å². The van der Waals surface area contributed by atoms with E-state index in [-0.39, 0.29) is 6.10 Å². The molecule has 0 amide bonds. The highest BCUT2D eigenvalue weighted by molar-refractivity contribution is 5.63. The van der Waals surface area contributed by atoms with Gasteiger partial charge < -0.3 is 23.6 Å². The molecule has 0 saturated carbocycles. The molecule has 2 aliphatic heterocycles. The molecule has 0 unspecified atom stereocenters. The first-order valence-corrected chi connectivity index (χ1v) is 10.5. The monoisotopic (exact) mass is 407 g/mol. The highest BCUT2D eigenvalue weighted by Gasteiger charge is 2.16. The molecule has 0 spiro atoms. The molecule has 3 heterocycles. The van der Waals surface area contributed by atoms with E-state index in [0.717, 1.165) is 69.2 Å². The minimum atomic E-state index is 0.222. The van der Waals surface area contributed by atoms with Crippen LogP contribution in [0.25, 0.3) is 22.8 Å². The second-order valence-electron chi connectivity index (χ2n) is 7.52. The molecule has 30 heavy (non-hydrogen) atoms. The first-order chi connectivity index (χ1) is 14.8. The summed E-state index contributed by atoms with van der Waals surface area (Å²) < 4.78 is 22.3. The lowest BCUT2D eigenvalue weighted by Crippen LogP contribution is -2.36. The predicted octanol–water partition coefficient (Wildman–Crippen LogP) is 3.80. The zero-order valence-corrected chi connectivity index (χ0v) is 16.8. The first-order valence-electron chi connectivity index (χ1n) is 10.5. The van der Waals surface area contributed by atoms with E-state index in [2.05, 4.69) is 27.2 Å². The van der Waals surface area contributed by atoms with Gasteiger partial charge in [0.1, 0.15) is 11.9 Å². The van der Waals surface area contributed by atoms with Crippen LogP contribution >= 0.6 is 0 Å². The molecule has 0 aliphatic carbocycles. The number of anilines is 1. The van der Waals surface area contributed by atoms with Gasteiger partial charge in [-0.15, -0.1) is 0 Å². The molecular formula is C23H25N3O4. The average Bonchev–Trinajstić information content (AvgIpc) is 3.31. The minimum Gasteiger partial charge on any atom is -0.490 e. The maximum Gasteiger partial charge on any atom is 0.258 e. The Morgan fingerprint density at radius 3 is 2.20 bits per heavy atom. The zero-order chi connectivity index (χ0) is 20.2. The molecule has 3 aromatic rings. The number of hydrogen-bond acceptors (Lipinski definition) is 7. The van der Waals surface area contributed by atoms with Crippen LogP contribution in [0.4, 0.5) is 5.69 Å². The summed E-state index contributed by atoms with van der Waals surface area (Å²) in [7, 11) is 0. The molecule has 5 rings (SSSR count). The van der Waals surface area contributed by atoms with Crippen molar-refractivity contribution in [3.05, 3.63) is 48.5 Å². The van der Waals surface area contributed by atoms with Crippen molar-refractivity contribution in [1.29, 1.82) is 0 Å². The van der Waals surface area contributed by atoms with Crippen molar-refractivity contribution < 1.29 is 18.7 Å². The van der Waals surface area contributed by atoms with Gasteiger partial charge in [0.05, 0.1) is 26.4 Å². The molecule has 0 atom stereocenters. The summed E-state index contributed by atoms with van der Waals surface area (Å²) in [6.45, 7) is 4.91. The van der Waals surface area contributed by atoms with Crippen molar-refractivity contribution in [2.75, 3.05) is 44.4 Å². The molecule has 156 valence electrons. The van der Waals surface area contributed by atoms with Gasteiger partial charge in [0, 0.05) is 42.7 Å². The SMILES string of the molecule is c1cc(-c2nc(-c3ccc(N4CCOCC4)cc3)no2)ccc1OC1CCOCC1. The fourth-order valence-electron chi connectivity index (χ4n) is 3.76. The van der Waals surface area contributed by atoms with Crippen LogP contribution in [-0.4, -0.2) is 55.8 Å². The molecule has 0 bridgehead atoms. The Balaban J connectivity index is 1.25. The van der Waals surface area contributed by atoms with Crippen LogP contribution in [0.1, 0.15) is 12.8 Å². The summed E-state index contributed by atoms with van der Waals surface area (Å²) in [4.78, 5) is 6.89. The van der Waals surface area contributed by atoms with Gasteiger partial charge in [0.15, 0.2) is 0 Å². The molecule has 1 aromatic heterocycles. The van der Waals surface area contributed by atoms with Crippen LogP contribution in [0, 0.1) is 0 Å². The molecule has 2 fully saturated rings. The molecule has 7 nitrogen and oxygen atoms in total.